The predicted molar refractivity (Wildman–Crippen MR) is 111 cm³/mol. The average molecular weight is 407 g/mol. The normalized spacial score (nSPS) is 11.3. The van der Waals surface area contributed by atoms with E-state index in [-0.39, 0.29) is 35.9 Å². The van der Waals surface area contributed by atoms with Gasteiger partial charge in [0.2, 0.25) is 0 Å². The van der Waals surface area contributed by atoms with Crippen molar-refractivity contribution < 1.29 is 44.0 Å². The summed E-state index contributed by atoms with van der Waals surface area (Å²) in [5.41, 5.74) is 0.730. The molecule has 0 fully saturated rings. The van der Waals surface area contributed by atoms with Crippen molar-refractivity contribution in [3.8, 4) is 0 Å². The van der Waals surface area contributed by atoms with Crippen LogP contribution in [0.2, 0.25) is 0 Å². The molecular formula is C22H39NaO3S. The van der Waals surface area contributed by atoms with E-state index in [1.54, 1.807) is 12.1 Å². The largest absolute Gasteiger partial charge is 1.00 e. The molecule has 0 heterocycles. The van der Waals surface area contributed by atoms with Gasteiger partial charge in [-0.15, -0.1) is 0 Å². The van der Waals surface area contributed by atoms with E-state index in [1.165, 1.54) is 83.1 Å². The molecule has 0 unspecified atom stereocenters. The first-order valence-electron chi connectivity index (χ1n) is 10.6. The third kappa shape index (κ3) is 13.9. The summed E-state index contributed by atoms with van der Waals surface area (Å²) in [6.45, 7) is 2.26. The van der Waals surface area contributed by atoms with E-state index in [9.17, 15) is 13.0 Å². The topological polar surface area (TPSA) is 54.4 Å². The van der Waals surface area contributed by atoms with Crippen molar-refractivity contribution >= 4 is 10.1 Å². The maximum absolute atomic E-state index is 11.4. The van der Waals surface area contributed by atoms with Gasteiger partial charge in [0, 0.05) is 0 Å². The predicted octanol–water partition coefficient (Wildman–Crippen LogP) is 4.07. The Morgan fingerprint density at radius 3 is 1.59 bits per heavy atom. The zero-order valence-electron chi connectivity index (χ0n) is 18.6. The van der Waals surface area contributed by atoms with Gasteiger partial charge in [-0.25, -0.2) is 0 Å². The molecule has 27 heavy (non-hydrogen) atoms. The second kappa shape index (κ2) is 17.0. The Hall–Kier alpha value is 0.130. The first-order chi connectivity index (χ1) is 12.6. The van der Waals surface area contributed by atoms with Gasteiger partial charge in [-0.05, 0) is 24.5 Å². The Balaban J connectivity index is 0. The molecule has 0 saturated heterocycles. The number of unbranched alkanes of at least 4 members (excludes halogenated alkanes) is 13. The summed E-state index contributed by atoms with van der Waals surface area (Å²) in [4.78, 5) is 0.0645. The zero-order valence-corrected chi connectivity index (χ0v) is 20.4. The zero-order chi connectivity index (χ0) is 19.1. The number of hydrogen-bond donors (Lipinski definition) is 1. The van der Waals surface area contributed by atoms with Crippen molar-refractivity contribution in [2.75, 3.05) is 0 Å². The maximum atomic E-state index is 11.4. The van der Waals surface area contributed by atoms with E-state index in [1.807, 2.05) is 6.07 Å². The fraction of sp³-hybridized carbons (Fsp3) is 0.727. The standard InChI is InChI=1S/C22H38O3S.Na.H/c1-2-3-4-5-6-7-8-9-10-11-12-13-14-15-18-21-19-16-17-20-22(21)26(23,24)25;;/h16-17,19-20H,2-15,18H2,1H3,(H,23,24,25);;/q;+1;-1. The second-order valence-electron chi connectivity index (χ2n) is 7.43. The number of aryl methyl sites for hydroxylation is 1. The summed E-state index contributed by atoms with van der Waals surface area (Å²) in [5.74, 6) is 0. The number of rotatable bonds is 16. The molecule has 0 atom stereocenters. The van der Waals surface area contributed by atoms with E-state index in [0.717, 1.165) is 18.4 Å². The van der Waals surface area contributed by atoms with Crippen molar-refractivity contribution in [3.63, 3.8) is 0 Å². The number of benzene rings is 1. The second-order valence-corrected chi connectivity index (χ2v) is 8.82. The molecule has 0 aliphatic rings. The molecule has 0 radical (unpaired) electrons. The molecule has 0 saturated carbocycles. The van der Waals surface area contributed by atoms with Crippen LogP contribution in [-0.4, -0.2) is 13.0 Å². The van der Waals surface area contributed by atoms with Crippen LogP contribution in [0, 0.1) is 0 Å². The van der Waals surface area contributed by atoms with Gasteiger partial charge in [-0.2, -0.15) is 8.42 Å². The van der Waals surface area contributed by atoms with E-state index >= 15 is 0 Å². The monoisotopic (exact) mass is 406 g/mol. The summed E-state index contributed by atoms with van der Waals surface area (Å²) in [5, 5.41) is 0. The molecule has 1 aromatic carbocycles. The van der Waals surface area contributed by atoms with E-state index in [4.69, 9.17) is 0 Å². The molecule has 1 aromatic rings. The van der Waals surface area contributed by atoms with Crippen LogP contribution < -0.4 is 29.6 Å². The van der Waals surface area contributed by atoms with Crippen LogP contribution >= 0.6 is 0 Å². The smallest absolute Gasteiger partial charge is 1.00 e. The minimum Gasteiger partial charge on any atom is -1.00 e. The van der Waals surface area contributed by atoms with Gasteiger partial charge in [-0.3, -0.25) is 4.55 Å². The molecule has 152 valence electrons. The molecule has 0 amide bonds. The maximum Gasteiger partial charge on any atom is 1.00 e. The Morgan fingerprint density at radius 2 is 1.15 bits per heavy atom. The van der Waals surface area contributed by atoms with Gasteiger partial charge in [0.15, 0.2) is 0 Å². The van der Waals surface area contributed by atoms with Crippen LogP contribution in [0.3, 0.4) is 0 Å². The average Bonchev–Trinajstić information content (AvgIpc) is 2.61. The van der Waals surface area contributed by atoms with Crippen LogP contribution in [-0.2, 0) is 16.5 Å². The first kappa shape index (κ1) is 27.1. The summed E-state index contributed by atoms with van der Waals surface area (Å²) >= 11 is 0. The van der Waals surface area contributed by atoms with Crippen LogP contribution in [0.1, 0.15) is 104 Å². The van der Waals surface area contributed by atoms with Crippen LogP contribution in [0.15, 0.2) is 29.2 Å². The molecule has 0 bridgehead atoms. The molecule has 3 nitrogen and oxygen atoms in total. The number of hydrogen-bond acceptors (Lipinski definition) is 2. The molecular weight excluding hydrogens is 367 g/mol. The molecule has 0 aliphatic carbocycles. The van der Waals surface area contributed by atoms with Crippen molar-refractivity contribution in [2.45, 2.75) is 108 Å². The molecule has 1 rings (SSSR count). The minimum absolute atomic E-state index is 0. The van der Waals surface area contributed by atoms with Crippen molar-refractivity contribution in [1.29, 1.82) is 0 Å². The molecule has 1 N–H and O–H groups in total. The fourth-order valence-corrected chi connectivity index (χ4v) is 4.22. The van der Waals surface area contributed by atoms with Crippen LogP contribution in [0.5, 0.6) is 0 Å². The van der Waals surface area contributed by atoms with Gasteiger partial charge in [0.1, 0.15) is 0 Å². The third-order valence-corrected chi connectivity index (χ3v) is 6.00. The Kier molecular flexibility index (Phi) is 17.1. The quantitative estimate of drug-likeness (QED) is 0.256. The summed E-state index contributed by atoms with van der Waals surface area (Å²) < 4.78 is 32.0. The Labute approximate surface area is 191 Å². The summed E-state index contributed by atoms with van der Waals surface area (Å²) in [6, 6.07) is 6.76. The Bertz CT molecular complexity index is 579. The summed E-state index contributed by atoms with van der Waals surface area (Å²) in [6.07, 6.45) is 19.1. The van der Waals surface area contributed by atoms with Gasteiger partial charge < -0.3 is 1.43 Å². The summed E-state index contributed by atoms with van der Waals surface area (Å²) in [7, 11) is -4.10. The third-order valence-electron chi connectivity index (χ3n) is 5.05. The molecule has 5 heteroatoms. The SMILES string of the molecule is CCCCCCCCCCCCCCCCc1ccccc1S(=O)(=O)O.[H-].[Na+]. The molecule has 0 aromatic heterocycles. The van der Waals surface area contributed by atoms with Crippen LogP contribution in [0.25, 0.3) is 0 Å². The molecule has 0 spiro atoms. The Morgan fingerprint density at radius 1 is 0.741 bits per heavy atom. The van der Waals surface area contributed by atoms with Crippen molar-refractivity contribution in [1.82, 2.24) is 0 Å². The van der Waals surface area contributed by atoms with Crippen molar-refractivity contribution in [3.05, 3.63) is 29.8 Å². The van der Waals surface area contributed by atoms with Crippen LogP contribution in [0.4, 0.5) is 0 Å². The van der Waals surface area contributed by atoms with E-state index in [2.05, 4.69) is 6.92 Å². The molecule has 0 aliphatic heterocycles. The van der Waals surface area contributed by atoms with Crippen molar-refractivity contribution in [2.24, 2.45) is 0 Å². The van der Waals surface area contributed by atoms with Gasteiger partial charge in [-0.1, -0.05) is 109 Å². The van der Waals surface area contributed by atoms with E-state index in [0.29, 0.717) is 6.42 Å². The van der Waals surface area contributed by atoms with Gasteiger partial charge >= 0.3 is 29.6 Å². The first-order valence-corrected chi connectivity index (χ1v) is 12.0. The van der Waals surface area contributed by atoms with Gasteiger partial charge in [0.25, 0.3) is 10.1 Å². The minimum atomic E-state index is -4.10. The van der Waals surface area contributed by atoms with Gasteiger partial charge in [0.05, 0.1) is 4.90 Å². The van der Waals surface area contributed by atoms with E-state index < -0.39 is 10.1 Å². The fourth-order valence-electron chi connectivity index (χ4n) is 3.47.